The molecule has 0 saturated heterocycles. The molecule has 10 atom stereocenters. The van der Waals surface area contributed by atoms with Gasteiger partial charge in [0.2, 0.25) is 0 Å². The number of hydrogen-bond acceptors (Lipinski definition) is 5. The normalized spacial score (nSPS) is 46.6. The van der Waals surface area contributed by atoms with Crippen LogP contribution in [0, 0.1) is 56.7 Å². The van der Waals surface area contributed by atoms with E-state index in [4.69, 9.17) is 4.74 Å². The maximum atomic E-state index is 13.9. The molecule has 5 heteroatoms. The molecule has 0 aliphatic heterocycles. The van der Waals surface area contributed by atoms with Crippen molar-refractivity contribution >= 4 is 17.8 Å². The van der Waals surface area contributed by atoms with Gasteiger partial charge in [-0.3, -0.25) is 14.6 Å². The van der Waals surface area contributed by atoms with Crippen molar-refractivity contribution in [3.05, 3.63) is 36.2 Å². The molecule has 5 saturated carbocycles. The minimum Gasteiger partial charge on any atom is -0.469 e. The van der Waals surface area contributed by atoms with Gasteiger partial charge in [-0.1, -0.05) is 40.7 Å². The third-order valence-electron chi connectivity index (χ3n) is 14.5. The quantitative estimate of drug-likeness (QED) is 0.309. The van der Waals surface area contributed by atoms with Crippen molar-refractivity contribution in [3.63, 3.8) is 0 Å². The van der Waals surface area contributed by atoms with Gasteiger partial charge in [0.1, 0.15) is 0 Å². The summed E-state index contributed by atoms with van der Waals surface area (Å²) in [7, 11) is 1.53. The number of esters is 1. The molecule has 0 bridgehead atoms. The van der Waals surface area contributed by atoms with E-state index in [9.17, 15) is 14.7 Å². The molecule has 5 fully saturated rings. The number of nitrogens with zero attached hydrogens (tertiary/aromatic N) is 1. The van der Waals surface area contributed by atoms with Crippen LogP contribution in [-0.4, -0.2) is 35.1 Å². The van der Waals surface area contributed by atoms with E-state index in [1.807, 2.05) is 18.2 Å². The molecule has 5 nitrogen and oxygen atoms in total. The Morgan fingerprint density at radius 3 is 2.41 bits per heavy atom. The van der Waals surface area contributed by atoms with Gasteiger partial charge in [0.15, 0.2) is 5.78 Å². The van der Waals surface area contributed by atoms with Crippen LogP contribution in [-0.2, 0) is 14.3 Å². The molecule has 41 heavy (non-hydrogen) atoms. The molecule has 0 radical (unpaired) electrons. The minimum atomic E-state index is -0.553. The predicted octanol–water partition coefficient (Wildman–Crippen LogP) is 7.28. The van der Waals surface area contributed by atoms with Crippen molar-refractivity contribution in [2.24, 2.45) is 56.7 Å². The van der Waals surface area contributed by atoms with E-state index < -0.39 is 5.41 Å². The van der Waals surface area contributed by atoms with Crippen LogP contribution < -0.4 is 0 Å². The number of carbonyl (C=O) groups excluding carboxylic acids is 2. The molecule has 1 heterocycles. The topological polar surface area (TPSA) is 76.5 Å². The van der Waals surface area contributed by atoms with E-state index in [-0.39, 0.29) is 51.4 Å². The zero-order chi connectivity index (χ0) is 29.4. The van der Waals surface area contributed by atoms with Gasteiger partial charge in [-0.05, 0) is 133 Å². The summed E-state index contributed by atoms with van der Waals surface area (Å²) >= 11 is 0. The Morgan fingerprint density at radius 1 is 0.927 bits per heavy atom. The number of ether oxygens (including phenoxy) is 1. The highest BCUT2D eigenvalue weighted by molar-refractivity contribution is 5.96. The van der Waals surface area contributed by atoms with E-state index in [2.05, 4.69) is 39.6 Å². The van der Waals surface area contributed by atoms with Crippen molar-refractivity contribution in [2.75, 3.05) is 7.11 Å². The maximum absolute atomic E-state index is 13.9. The summed E-state index contributed by atoms with van der Waals surface area (Å²) in [5.74, 6) is 1.36. The highest BCUT2D eigenvalue weighted by Crippen LogP contribution is 2.77. The molecular formula is C36H51NO4. The van der Waals surface area contributed by atoms with Crippen LogP contribution in [0.15, 0.2) is 30.6 Å². The van der Waals surface area contributed by atoms with Gasteiger partial charge < -0.3 is 9.84 Å². The van der Waals surface area contributed by atoms with Crippen molar-refractivity contribution in [1.29, 1.82) is 0 Å². The van der Waals surface area contributed by atoms with Crippen molar-refractivity contribution in [1.82, 2.24) is 4.98 Å². The summed E-state index contributed by atoms with van der Waals surface area (Å²) in [4.78, 5) is 31.7. The summed E-state index contributed by atoms with van der Waals surface area (Å²) in [6, 6.07) is 3.85. The summed E-state index contributed by atoms with van der Waals surface area (Å²) in [5.41, 5.74) is 0.708. The van der Waals surface area contributed by atoms with Gasteiger partial charge in [-0.2, -0.15) is 0 Å². The van der Waals surface area contributed by atoms with Crippen LogP contribution in [0.25, 0.3) is 6.08 Å². The number of pyridine rings is 1. The highest BCUT2D eigenvalue weighted by Gasteiger charge is 2.72. The van der Waals surface area contributed by atoms with Crippen molar-refractivity contribution in [3.8, 4) is 0 Å². The number of allylic oxidation sites excluding steroid dienone is 1. The van der Waals surface area contributed by atoms with Crippen LogP contribution in [0.3, 0.4) is 0 Å². The standard InChI is InChI=1S/C36H51NO4/c1-32(2)27-14-17-35(5)28(33(27,3)16-15-29(32)39)12-10-25-30-24(26(38)11-9-23-8-7-21-37-22-23)13-18-36(30,31(40)41-6)20-19-34(25,35)4/h7-9,11,21-22,24-25,27-30,39H,10,12-20H2,1-6H3/b11-9+/t24-,25+,27-,28+,29-,30+,33-,34+,35+,36-/m0/s1. The lowest BCUT2D eigenvalue weighted by Crippen LogP contribution is -2.67. The van der Waals surface area contributed by atoms with Crippen LogP contribution in [0.5, 0.6) is 0 Å². The smallest absolute Gasteiger partial charge is 0.312 e. The van der Waals surface area contributed by atoms with Crippen molar-refractivity contribution in [2.45, 2.75) is 105 Å². The Hall–Kier alpha value is -2.01. The molecule has 0 unspecified atom stereocenters. The number of aromatic nitrogens is 1. The lowest BCUT2D eigenvalue weighted by atomic mass is 9.32. The molecular weight excluding hydrogens is 510 g/mol. The molecule has 0 spiro atoms. The maximum Gasteiger partial charge on any atom is 0.312 e. The Balaban J connectivity index is 1.37. The van der Waals surface area contributed by atoms with E-state index in [0.717, 1.165) is 63.4 Å². The SMILES string of the molecule is COC(=O)[C@]12CC[C@@H](C(=O)/C=C/c3cccnc3)[C@@H]1[C@H]1CC[C@@H]3[C@@]4(C)CC[C@H](O)C(C)(C)[C@@H]4CC[C@@]3(C)[C@]1(C)CC2. The first-order chi connectivity index (χ1) is 19.3. The largest absolute Gasteiger partial charge is 0.469 e. The fourth-order valence-electron chi connectivity index (χ4n) is 12.2. The molecule has 0 amide bonds. The Bertz CT molecular complexity index is 1230. The Morgan fingerprint density at radius 2 is 1.71 bits per heavy atom. The van der Waals surface area contributed by atoms with Crippen molar-refractivity contribution < 1.29 is 19.4 Å². The predicted molar refractivity (Wildman–Crippen MR) is 160 cm³/mol. The lowest BCUT2D eigenvalue weighted by Gasteiger charge is -2.72. The Labute approximate surface area is 246 Å². The van der Waals surface area contributed by atoms with E-state index in [1.54, 1.807) is 18.5 Å². The average Bonchev–Trinajstić information content (AvgIpc) is 3.35. The number of fused-ring (bicyclic) bond motifs is 7. The zero-order valence-corrected chi connectivity index (χ0v) is 26.1. The molecule has 0 aromatic carbocycles. The third kappa shape index (κ3) is 3.92. The van der Waals surface area contributed by atoms with Gasteiger partial charge in [-0.25, -0.2) is 0 Å². The highest BCUT2D eigenvalue weighted by atomic mass is 16.5. The number of aliphatic hydroxyl groups is 1. The number of rotatable bonds is 4. The number of hydrogen-bond donors (Lipinski definition) is 1. The van der Waals surface area contributed by atoms with E-state index >= 15 is 0 Å². The number of aliphatic hydroxyl groups excluding tert-OH is 1. The number of ketones is 1. The van der Waals surface area contributed by atoms with E-state index in [1.165, 1.54) is 13.5 Å². The van der Waals surface area contributed by atoms with Crippen LogP contribution >= 0.6 is 0 Å². The molecule has 5 aliphatic rings. The van der Waals surface area contributed by atoms with Gasteiger partial charge in [0.25, 0.3) is 0 Å². The first-order valence-electron chi connectivity index (χ1n) is 16.2. The third-order valence-corrected chi connectivity index (χ3v) is 14.5. The van der Waals surface area contributed by atoms with Crippen LogP contribution in [0.2, 0.25) is 0 Å². The van der Waals surface area contributed by atoms with Gasteiger partial charge in [-0.15, -0.1) is 0 Å². The first-order valence-corrected chi connectivity index (χ1v) is 16.2. The number of carbonyl (C=O) groups is 2. The second-order valence-corrected chi connectivity index (χ2v) is 15.9. The minimum absolute atomic E-state index is 0.0210. The average molecular weight is 562 g/mol. The first kappa shape index (κ1) is 29.1. The van der Waals surface area contributed by atoms with Crippen LogP contribution in [0.1, 0.15) is 104 Å². The van der Waals surface area contributed by atoms with Gasteiger partial charge in [0.05, 0.1) is 18.6 Å². The second-order valence-electron chi connectivity index (χ2n) is 15.9. The molecule has 1 N–H and O–H groups in total. The summed E-state index contributed by atoms with van der Waals surface area (Å²) in [6.07, 6.45) is 16.8. The molecule has 1 aromatic rings. The monoisotopic (exact) mass is 561 g/mol. The molecule has 224 valence electrons. The number of methoxy groups -OCH3 is 1. The van der Waals surface area contributed by atoms with E-state index in [0.29, 0.717) is 17.8 Å². The molecule has 6 rings (SSSR count). The fraction of sp³-hybridized carbons (Fsp3) is 0.750. The zero-order valence-electron chi connectivity index (χ0n) is 26.1. The second kappa shape index (κ2) is 9.76. The van der Waals surface area contributed by atoms with Crippen LogP contribution in [0.4, 0.5) is 0 Å². The molecule has 1 aromatic heterocycles. The lowest BCUT2D eigenvalue weighted by molar-refractivity contribution is -0.248. The van der Waals surface area contributed by atoms with Gasteiger partial charge in [0, 0.05) is 18.3 Å². The summed E-state index contributed by atoms with van der Waals surface area (Å²) < 4.78 is 5.52. The Kier molecular flexibility index (Phi) is 6.92. The summed E-state index contributed by atoms with van der Waals surface area (Å²) in [5, 5.41) is 11.0. The van der Waals surface area contributed by atoms with Gasteiger partial charge >= 0.3 is 5.97 Å². The molecule has 5 aliphatic carbocycles. The fourth-order valence-corrected chi connectivity index (χ4v) is 12.2. The summed E-state index contributed by atoms with van der Waals surface area (Å²) in [6.45, 7) is 12.2.